The molecular formula is C16H17NOS. The number of hydrogen-bond acceptors (Lipinski definition) is 3. The van der Waals surface area contributed by atoms with E-state index in [0.29, 0.717) is 0 Å². The molecule has 3 heteroatoms. The van der Waals surface area contributed by atoms with Crippen molar-refractivity contribution in [1.29, 1.82) is 0 Å². The lowest BCUT2D eigenvalue weighted by atomic mass is 9.94. The fourth-order valence-electron chi connectivity index (χ4n) is 2.81. The van der Waals surface area contributed by atoms with Crippen LogP contribution in [0.5, 0.6) is 0 Å². The highest BCUT2D eigenvalue weighted by Crippen LogP contribution is 2.36. The van der Waals surface area contributed by atoms with Crippen molar-refractivity contribution in [3.8, 4) is 0 Å². The fourth-order valence-corrected chi connectivity index (χ4v) is 3.58. The number of thiophene rings is 1. The van der Waals surface area contributed by atoms with Crippen LogP contribution in [0.25, 0.3) is 0 Å². The third-order valence-electron chi connectivity index (χ3n) is 3.96. The lowest BCUT2D eigenvalue weighted by molar-refractivity contribution is 0.112. The number of aryl methyl sites for hydroxylation is 1. The van der Waals surface area contributed by atoms with Crippen LogP contribution in [-0.2, 0) is 18.5 Å². The molecule has 1 N–H and O–H groups in total. The van der Waals surface area contributed by atoms with Gasteiger partial charge in [0, 0.05) is 17.0 Å². The van der Waals surface area contributed by atoms with Gasteiger partial charge >= 0.3 is 0 Å². The zero-order valence-corrected chi connectivity index (χ0v) is 11.8. The minimum Gasteiger partial charge on any atom is -0.303 e. The fraction of sp³-hybridized carbons (Fsp3) is 0.312. The van der Waals surface area contributed by atoms with Gasteiger partial charge in [0.05, 0.1) is 4.88 Å². The largest absolute Gasteiger partial charge is 0.303 e. The van der Waals surface area contributed by atoms with Crippen molar-refractivity contribution in [3.63, 3.8) is 0 Å². The second-order valence-electron chi connectivity index (χ2n) is 5.26. The number of fused-ring (bicyclic) bond motifs is 1. The summed E-state index contributed by atoms with van der Waals surface area (Å²) >= 11 is 1.57. The lowest BCUT2D eigenvalue weighted by Gasteiger charge is -2.27. The first-order valence-electron chi connectivity index (χ1n) is 6.58. The van der Waals surface area contributed by atoms with Crippen LogP contribution in [0.4, 0.5) is 0 Å². The first-order valence-corrected chi connectivity index (χ1v) is 7.40. The van der Waals surface area contributed by atoms with Gasteiger partial charge in [-0.15, -0.1) is 11.3 Å². The maximum atomic E-state index is 10.7. The van der Waals surface area contributed by atoms with Gasteiger partial charge in [0.2, 0.25) is 0 Å². The van der Waals surface area contributed by atoms with Crippen molar-refractivity contribution in [2.45, 2.75) is 31.8 Å². The molecule has 98 valence electrons. The Morgan fingerprint density at radius 2 is 2.16 bits per heavy atom. The molecule has 1 atom stereocenters. The first-order chi connectivity index (χ1) is 9.21. The van der Waals surface area contributed by atoms with Gasteiger partial charge in [0.1, 0.15) is 0 Å². The Bertz CT molecular complexity index is 604. The highest BCUT2D eigenvalue weighted by atomic mass is 32.1. The van der Waals surface area contributed by atoms with Crippen molar-refractivity contribution >= 4 is 17.6 Å². The maximum Gasteiger partial charge on any atom is 0.160 e. The van der Waals surface area contributed by atoms with E-state index in [4.69, 9.17) is 0 Å². The van der Waals surface area contributed by atoms with Gasteiger partial charge < -0.3 is 5.32 Å². The minimum absolute atomic E-state index is 0.0575. The molecular weight excluding hydrogens is 254 g/mol. The molecule has 2 aromatic rings. The molecule has 0 aliphatic heterocycles. The van der Waals surface area contributed by atoms with E-state index < -0.39 is 0 Å². The van der Waals surface area contributed by atoms with Crippen LogP contribution in [0.15, 0.2) is 36.4 Å². The molecule has 1 aromatic heterocycles. The highest BCUT2D eigenvalue weighted by molar-refractivity contribution is 7.13. The lowest BCUT2D eigenvalue weighted by Crippen LogP contribution is -2.36. The quantitative estimate of drug-likeness (QED) is 0.862. The number of benzene rings is 1. The van der Waals surface area contributed by atoms with Gasteiger partial charge in [-0.25, -0.2) is 0 Å². The molecule has 0 amide bonds. The molecule has 0 fully saturated rings. The molecule has 19 heavy (non-hydrogen) atoms. The first kappa shape index (κ1) is 12.6. The van der Waals surface area contributed by atoms with Crippen molar-refractivity contribution in [3.05, 3.63) is 57.3 Å². The van der Waals surface area contributed by atoms with Gasteiger partial charge in [-0.2, -0.15) is 0 Å². The predicted octanol–water partition coefficient (Wildman–Crippen LogP) is 3.51. The van der Waals surface area contributed by atoms with E-state index in [1.807, 2.05) is 12.1 Å². The van der Waals surface area contributed by atoms with E-state index in [1.165, 1.54) is 16.0 Å². The minimum atomic E-state index is 0.0575. The summed E-state index contributed by atoms with van der Waals surface area (Å²) in [5, 5.41) is 3.66. The van der Waals surface area contributed by atoms with E-state index in [-0.39, 0.29) is 5.54 Å². The van der Waals surface area contributed by atoms with Crippen LogP contribution in [0, 0.1) is 0 Å². The van der Waals surface area contributed by atoms with Gasteiger partial charge in [0.15, 0.2) is 6.29 Å². The summed E-state index contributed by atoms with van der Waals surface area (Å²) in [5.41, 5.74) is 2.93. The SMILES string of the molecule is CC1(NCc2ccc(C=O)s2)CCc2ccccc21. The molecule has 0 spiro atoms. The Morgan fingerprint density at radius 3 is 2.95 bits per heavy atom. The molecule has 0 radical (unpaired) electrons. The number of carbonyl (C=O) groups excluding carboxylic acids is 1. The number of hydrogen-bond donors (Lipinski definition) is 1. The standard InChI is InChI=1S/C16H17NOS/c1-16(9-8-12-4-2-3-5-15(12)16)17-10-13-6-7-14(11-18)19-13/h2-7,11,17H,8-10H2,1H3. The maximum absolute atomic E-state index is 10.7. The molecule has 1 aromatic carbocycles. The summed E-state index contributed by atoms with van der Waals surface area (Å²) in [4.78, 5) is 12.7. The summed E-state index contributed by atoms with van der Waals surface area (Å²) in [5.74, 6) is 0. The van der Waals surface area contributed by atoms with Crippen molar-refractivity contribution in [2.75, 3.05) is 0 Å². The summed E-state index contributed by atoms with van der Waals surface area (Å²) < 4.78 is 0. The molecule has 0 bridgehead atoms. The topological polar surface area (TPSA) is 29.1 Å². The molecule has 2 nitrogen and oxygen atoms in total. The molecule has 1 heterocycles. The predicted molar refractivity (Wildman–Crippen MR) is 78.7 cm³/mol. The van der Waals surface area contributed by atoms with Crippen LogP contribution >= 0.6 is 11.3 Å². The van der Waals surface area contributed by atoms with Crippen molar-refractivity contribution < 1.29 is 4.79 Å². The summed E-state index contributed by atoms with van der Waals surface area (Å²) in [6, 6.07) is 12.6. The average molecular weight is 271 g/mol. The zero-order chi connectivity index (χ0) is 13.3. The van der Waals surface area contributed by atoms with E-state index in [1.54, 1.807) is 11.3 Å². The number of nitrogens with one attached hydrogen (secondary N) is 1. The smallest absolute Gasteiger partial charge is 0.160 e. The van der Waals surface area contributed by atoms with E-state index >= 15 is 0 Å². The Labute approximate surface area is 117 Å². The molecule has 1 unspecified atom stereocenters. The van der Waals surface area contributed by atoms with Crippen LogP contribution in [0.3, 0.4) is 0 Å². The molecule has 3 rings (SSSR count). The van der Waals surface area contributed by atoms with E-state index in [2.05, 4.69) is 36.5 Å². The molecule has 1 aliphatic carbocycles. The van der Waals surface area contributed by atoms with E-state index in [0.717, 1.165) is 30.5 Å². The van der Waals surface area contributed by atoms with Crippen molar-refractivity contribution in [2.24, 2.45) is 0 Å². The zero-order valence-electron chi connectivity index (χ0n) is 11.0. The molecule has 0 saturated heterocycles. The van der Waals surface area contributed by atoms with Gasteiger partial charge in [0.25, 0.3) is 0 Å². The van der Waals surface area contributed by atoms with Crippen LogP contribution in [0.2, 0.25) is 0 Å². The Morgan fingerprint density at radius 1 is 1.32 bits per heavy atom. The Kier molecular flexibility index (Phi) is 3.25. The van der Waals surface area contributed by atoms with Crippen molar-refractivity contribution in [1.82, 2.24) is 5.32 Å². The second-order valence-corrected chi connectivity index (χ2v) is 6.46. The number of aldehydes is 1. The summed E-state index contributed by atoms with van der Waals surface area (Å²) in [7, 11) is 0. The average Bonchev–Trinajstić information content (AvgIpc) is 3.03. The Balaban J connectivity index is 1.75. The monoisotopic (exact) mass is 271 g/mol. The molecule has 1 aliphatic rings. The van der Waals surface area contributed by atoms with E-state index in [9.17, 15) is 4.79 Å². The van der Waals surface area contributed by atoms with Crippen LogP contribution in [-0.4, -0.2) is 6.29 Å². The molecule has 0 saturated carbocycles. The summed E-state index contributed by atoms with van der Waals surface area (Å²) in [6.07, 6.45) is 3.20. The Hall–Kier alpha value is -1.45. The highest BCUT2D eigenvalue weighted by Gasteiger charge is 2.33. The third-order valence-corrected chi connectivity index (χ3v) is 4.97. The second kappa shape index (κ2) is 4.91. The normalized spacial score (nSPS) is 21.3. The van der Waals surface area contributed by atoms with Crippen LogP contribution < -0.4 is 5.32 Å². The number of rotatable bonds is 4. The number of carbonyl (C=O) groups is 1. The van der Waals surface area contributed by atoms with Gasteiger partial charge in [-0.3, -0.25) is 4.79 Å². The van der Waals surface area contributed by atoms with Gasteiger partial charge in [-0.1, -0.05) is 24.3 Å². The van der Waals surface area contributed by atoms with Crippen LogP contribution in [0.1, 0.15) is 39.0 Å². The summed E-state index contributed by atoms with van der Waals surface area (Å²) in [6.45, 7) is 3.09. The van der Waals surface area contributed by atoms with Gasteiger partial charge in [-0.05, 0) is 43.0 Å². The third kappa shape index (κ3) is 2.36.